The quantitative estimate of drug-likeness (QED) is 0.836. The molecule has 0 aliphatic carbocycles. The van der Waals surface area contributed by atoms with Crippen molar-refractivity contribution in [1.82, 2.24) is 4.98 Å². The Morgan fingerprint density at radius 2 is 2.12 bits per heavy atom. The highest BCUT2D eigenvalue weighted by Crippen LogP contribution is 2.30. The maximum absolute atomic E-state index is 8.93. The molecule has 2 aromatic rings. The molecular weight excluding hydrogens is 304 g/mol. The number of nitrogens with zero attached hydrogens (tertiary/aromatic N) is 2. The molecule has 84 valence electrons. The Labute approximate surface area is 112 Å². The summed E-state index contributed by atoms with van der Waals surface area (Å²) in [6, 6.07) is 10.7. The lowest BCUT2D eigenvalue weighted by molar-refractivity contribution is 0.458. The number of benzene rings is 1. The molecule has 0 amide bonds. The van der Waals surface area contributed by atoms with Gasteiger partial charge in [-0.15, -0.1) is 0 Å². The van der Waals surface area contributed by atoms with Gasteiger partial charge in [0.25, 0.3) is 0 Å². The predicted octanol–water partition coefficient (Wildman–Crippen LogP) is 4.16. The van der Waals surface area contributed by atoms with Crippen LogP contribution in [0, 0.1) is 11.3 Å². The molecule has 0 atom stereocenters. The van der Waals surface area contributed by atoms with Gasteiger partial charge in [0.2, 0.25) is 5.88 Å². The standard InChI is InChI=1S/C12H6BrClN2O/c13-10-5-9(14)7-16-12(10)17-11-4-2-1-3-8(11)6-15/h1-5,7H. The van der Waals surface area contributed by atoms with Crippen LogP contribution in [-0.4, -0.2) is 4.98 Å². The average Bonchev–Trinajstić information content (AvgIpc) is 2.33. The van der Waals surface area contributed by atoms with Gasteiger partial charge in [0.05, 0.1) is 15.1 Å². The number of para-hydroxylation sites is 1. The van der Waals surface area contributed by atoms with Crippen molar-refractivity contribution in [3.8, 4) is 17.7 Å². The molecule has 0 aliphatic rings. The normalized spacial score (nSPS) is 9.71. The Kier molecular flexibility index (Phi) is 3.62. The molecule has 0 unspecified atom stereocenters. The van der Waals surface area contributed by atoms with Crippen LogP contribution in [0.15, 0.2) is 41.0 Å². The maximum Gasteiger partial charge on any atom is 0.233 e. The van der Waals surface area contributed by atoms with Crippen molar-refractivity contribution in [3.05, 3.63) is 51.6 Å². The van der Waals surface area contributed by atoms with Gasteiger partial charge in [-0.25, -0.2) is 4.98 Å². The topological polar surface area (TPSA) is 45.9 Å². The number of nitriles is 1. The van der Waals surface area contributed by atoms with Crippen LogP contribution < -0.4 is 4.74 Å². The van der Waals surface area contributed by atoms with Crippen LogP contribution in [0.25, 0.3) is 0 Å². The van der Waals surface area contributed by atoms with Gasteiger partial charge in [-0.05, 0) is 34.1 Å². The van der Waals surface area contributed by atoms with Crippen molar-refractivity contribution in [2.45, 2.75) is 0 Å². The van der Waals surface area contributed by atoms with Gasteiger partial charge < -0.3 is 4.74 Å². The third kappa shape index (κ3) is 2.76. The van der Waals surface area contributed by atoms with Gasteiger partial charge in [-0.2, -0.15) is 5.26 Å². The summed E-state index contributed by atoms with van der Waals surface area (Å²) in [5.41, 5.74) is 0.455. The third-order valence-electron chi connectivity index (χ3n) is 1.99. The first-order valence-corrected chi connectivity index (χ1v) is 5.86. The summed E-state index contributed by atoms with van der Waals surface area (Å²) < 4.78 is 6.18. The predicted molar refractivity (Wildman–Crippen MR) is 68.2 cm³/mol. The van der Waals surface area contributed by atoms with E-state index in [0.29, 0.717) is 26.7 Å². The minimum atomic E-state index is 0.372. The molecule has 0 saturated carbocycles. The minimum absolute atomic E-state index is 0.372. The molecule has 0 bridgehead atoms. The molecule has 0 aliphatic heterocycles. The van der Waals surface area contributed by atoms with Gasteiger partial charge >= 0.3 is 0 Å². The van der Waals surface area contributed by atoms with Gasteiger partial charge in [0, 0.05) is 6.20 Å². The lowest BCUT2D eigenvalue weighted by atomic mass is 10.2. The highest BCUT2D eigenvalue weighted by atomic mass is 79.9. The summed E-state index contributed by atoms with van der Waals surface area (Å²) in [5, 5.41) is 9.44. The minimum Gasteiger partial charge on any atom is -0.436 e. The third-order valence-corrected chi connectivity index (χ3v) is 2.76. The summed E-state index contributed by atoms with van der Waals surface area (Å²) >= 11 is 9.07. The fourth-order valence-corrected chi connectivity index (χ4v) is 1.95. The van der Waals surface area contributed by atoms with Crippen LogP contribution in [0.5, 0.6) is 11.6 Å². The molecule has 0 N–H and O–H groups in total. The van der Waals surface area contributed by atoms with Crippen LogP contribution >= 0.6 is 27.5 Å². The fraction of sp³-hybridized carbons (Fsp3) is 0. The number of hydrogen-bond acceptors (Lipinski definition) is 3. The Bertz CT molecular complexity index is 595. The summed E-state index contributed by atoms with van der Waals surface area (Å²) in [7, 11) is 0. The highest BCUT2D eigenvalue weighted by Gasteiger charge is 2.08. The van der Waals surface area contributed by atoms with Crippen LogP contribution in [0.1, 0.15) is 5.56 Å². The average molecular weight is 310 g/mol. The van der Waals surface area contributed by atoms with Crippen LogP contribution in [0.3, 0.4) is 0 Å². The van der Waals surface area contributed by atoms with Crippen LogP contribution in [0.4, 0.5) is 0 Å². The number of hydrogen-bond donors (Lipinski definition) is 0. The second kappa shape index (κ2) is 5.17. The fourth-order valence-electron chi connectivity index (χ4n) is 1.23. The zero-order chi connectivity index (χ0) is 12.3. The molecule has 1 heterocycles. The lowest BCUT2D eigenvalue weighted by Gasteiger charge is -2.07. The second-order valence-corrected chi connectivity index (χ2v) is 4.44. The van der Waals surface area contributed by atoms with Crippen molar-refractivity contribution in [2.75, 3.05) is 0 Å². The molecule has 1 aromatic heterocycles. The van der Waals surface area contributed by atoms with Crippen molar-refractivity contribution in [3.63, 3.8) is 0 Å². The van der Waals surface area contributed by atoms with E-state index in [0.717, 1.165) is 0 Å². The zero-order valence-electron chi connectivity index (χ0n) is 8.52. The van der Waals surface area contributed by atoms with Gasteiger partial charge in [-0.1, -0.05) is 23.7 Å². The largest absolute Gasteiger partial charge is 0.436 e. The van der Waals surface area contributed by atoms with Gasteiger partial charge in [0.1, 0.15) is 11.8 Å². The Balaban J connectivity index is 2.35. The molecule has 5 heteroatoms. The Hall–Kier alpha value is -1.57. The Morgan fingerprint density at radius 1 is 1.35 bits per heavy atom. The molecular formula is C12H6BrClN2O. The lowest BCUT2D eigenvalue weighted by Crippen LogP contribution is -1.91. The number of halogens is 2. The molecule has 1 aromatic carbocycles. The van der Waals surface area contributed by atoms with Crippen molar-refractivity contribution in [1.29, 1.82) is 5.26 Å². The van der Waals surface area contributed by atoms with E-state index in [1.807, 2.05) is 0 Å². The maximum atomic E-state index is 8.93. The van der Waals surface area contributed by atoms with Crippen LogP contribution in [0.2, 0.25) is 5.02 Å². The van der Waals surface area contributed by atoms with Crippen molar-refractivity contribution < 1.29 is 4.74 Å². The molecule has 0 fully saturated rings. The first kappa shape index (κ1) is 11.9. The molecule has 3 nitrogen and oxygen atoms in total. The van der Waals surface area contributed by atoms with E-state index in [1.165, 1.54) is 6.20 Å². The number of rotatable bonds is 2. The molecule has 0 radical (unpaired) electrons. The monoisotopic (exact) mass is 308 g/mol. The first-order chi connectivity index (χ1) is 8.20. The molecule has 2 rings (SSSR count). The van der Waals surface area contributed by atoms with Gasteiger partial charge in [-0.3, -0.25) is 0 Å². The smallest absolute Gasteiger partial charge is 0.233 e. The van der Waals surface area contributed by atoms with Crippen molar-refractivity contribution in [2.24, 2.45) is 0 Å². The number of aromatic nitrogens is 1. The van der Waals surface area contributed by atoms with E-state index in [9.17, 15) is 0 Å². The summed E-state index contributed by atoms with van der Waals surface area (Å²) in [6.07, 6.45) is 1.48. The van der Waals surface area contributed by atoms with E-state index < -0.39 is 0 Å². The van der Waals surface area contributed by atoms with Crippen molar-refractivity contribution >= 4 is 27.5 Å². The van der Waals surface area contributed by atoms with Gasteiger partial charge in [0.15, 0.2) is 0 Å². The number of ether oxygens (including phenoxy) is 1. The summed E-state index contributed by atoms with van der Waals surface area (Å²) in [5.74, 6) is 0.836. The SMILES string of the molecule is N#Cc1ccccc1Oc1ncc(Cl)cc1Br. The molecule has 0 saturated heterocycles. The summed E-state index contributed by atoms with van der Waals surface area (Å²) in [4.78, 5) is 4.04. The molecule has 0 spiro atoms. The van der Waals surface area contributed by atoms with Crippen LogP contribution in [-0.2, 0) is 0 Å². The van der Waals surface area contributed by atoms with E-state index in [1.54, 1.807) is 30.3 Å². The van der Waals surface area contributed by atoms with E-state index in [2.05, 4.69) is 27.0 Å². The first-order valence-electron chi connectivity index (χ1n) is 4.69. The number of pyridine rings is 1. The van der Waals surface area contributed by atoms with E-state index in [4.69, 9.17) is 21.6 Å². The van der Waals surface area contributed by atoms with E-state index in [-0.39, 0.29) is 0 Å². The highest BCUT2D eigenvalue weighted by molar-refractivity contribution is 9.10. The summed E-state index contributed by atoms with van der Waals surface area (Å²) in [6.45, 7) is 0. The van der Waals surface area contributed by atoms with E-state index >= 15 is 0 Å². The molecule has 17 heavy (non-hydrogen) atoms. The zero-order valence-corrected chi connectivity index (χ0v) is 10.9. The Morgan fingerprint density at radius 3 is 2.82 bits per heavy atom. The second-order valence-electron chi connectivity index (χ2n) is 3.15.